The molecule has 1 rings (SSSR count). The molecular weight excluding hydrogens is 303 g/mol. The Bertz CT molecular complexity index is 472. The highest BCUT2D eigenvalue weighted by molar-refractivity contribution is 6.18. The van der Waals surface area contributed by atoms with Gasteiger partial charge in [-0.15, -0.1) is 11.6 Å². The lowest BCUT2D eigenvalue weighted by molar-refractivity contribution is -0.137. The first-order valence-electron chi connectivity index (χ1n) is 6.89. The van der Waals surface area contributed by atoms with E-state index in [1.807, 2.05) is 13.8 Å². The normalized spacial score (nSPS) is 11.8. The lowest BCUT2D eigenvalue weighted by Gasteiger charge is -2.30. The van der Waals surface area contributed by atoms with Gasteiger partial charge in [0.25, 0.3) is 5.91 Å². The SMILES string of the molecule is CCC(CC)N(CCCl)C(=O)c1cccc(C(F)(F)F)c1. The molecule has 0 fully saturated rings. The Balaban J connectivity index is 3.09. The fraction of sp³-hybridized carbons (Fsp3) is 0.533. The molecule has 0 saturated carbocycles. The van der Waals surface area contributed by atoms with Gasteiger partial charge in [-0.3, -0.25) is 4.79 Å². The van der Waals surface area contributed by atoms with E-state index in [1.54, 1.807) is 4.90 Å². The van der Waals surface area contributed by atoms with Crippen LogP contribution in [0.15, 0.2) is 24.3 Å². The molecule has 0 unspecified atom stereocenters. The first-order valence-corrected chi connectivity index (χ1v) is 7.42. The van der Waals surface area contributed by atoms with Gasteiger partial charge >= 0.3 is 6.18 Å². The third kappa shape index (κ3) is 4.63. The summed E-state index contributed by atoms with van der Waals surface area (Å²) >= 11 is 5.72. The van der Waals surface area contributed by atoms with Gasteiger partial charge in [-0.1, -0.05) is 19.9 Å². The van der Waals surface area contributed by atoms with Gasteiger partial charge in [0, 0.05) is 24.0 Å². The molecule has 0 aliphatic rings. The van der Waals surface area contributed by atoms with Crippen LogP contribution in [0.2, 0.25) is 0 Å². The van der Waals surface area contributed by atoms with Crippen LogP contribution in [-0.2, 0) is 6.18 Å². The molecular formula is C15H19ClF3NO. The maximum absolute atomic E-state index is 12.7. The number of carbonyl (C=O) groups excluding carboxylic acids is 1. The summed E-state index contributed by atoms with van der Waals surface area (Å²) in [6.07, 6.45) is -2.99. The molecule has 21 heavy (non-hydrogen) atoms. The Labute approximate surface area is 127 Å². The number of alkyl halides is 4. The van der Waals surface area contributed by atoms with Crippen molar-refractivity contribution in [3.63, 3.8) is 0 Å². The Morgan fingerprint density at radius 1 is 1.29 bits per heavy atom. The van der Waals surface area contributed by atoms with Crippen molar-refractivity contribution >= 4 is 17.5 Å². The number of carbonyl (C=O) groups is 1. The molecule has 0 aliphatic heterocycles. The Hall–Kier alpha value is -1.23. The van der Waals surface area contributed by atoms with Crippen LogP contribution in [0.1, 0.15) is 42.6 Å². The predicted octanol–water partition coefficient (Wildman–Crippen LogP) is 4.58. The predicted molar refractivity (Wildman–Crippen MR) is 77.6 cm³/mol. The van der Waals surface area contributed by atoms with Gasteiger partial charge in [-0.2, -0.15) is 13.2 Å². The Morgan fingerprint density at radius 2 is 1.90 bits per heavy atom. The highest BCUT2D eigenvalue weighted by Gasteiger charge is 2.31. The molecule has 118 valence electrons. The smallest absolute Gasteiger partial charge is 0.334 e. The molecule has 0 atom stereocenters. The van der Waals surface area contributed by atoms with E-state index in [0.717, 1.165) is 25.0 Å². The molecule has 6 heteroatoms. The summed E-state index contributed by atoms with van der Waals surface area (Å²) < 4.78 is 38.2. The van der Waals surface area contributed by atoms with E-state index >= 15 is 0 Å². The minimum Gasteiger partial charge on any atom is -0.334 e. The lowest BCUT2D eigenvalue weighted by atomic mass is 10.1. The molecule has 0 aromatic heterocycles. The molecule has 0 spiro atoms. The fourth-order valence-corrected chi connectivity index (χ4v) is 2.45. The summed E-state index contributed by atoms with van der Waals surface area (Å²) in [5.74, 6) is -0.156. The van der Waals surface area contributed by atoms with Crippen LogP contribution in [0.5, 0.6) is 0 Å². The summed E-state index contributed by atoms with van der Waals surface area (Å²) in [5, 5.41) is 0. The van der Waals surface area contributed by atoms with E-state index in [4.69, 9.17) is 11.6 Å². The van der Waals surface area contributed by atoms with Crippen molar-refractivity contribution < 1.29 is 18.0 Å². The molecule has 0 bridgehead atoms. The number of amides is 1. The number of benzene rings is 1. The van der Waals surface area contributed by atoms with Crippen molar-refractivity contribution in [2.75, 3.05) is 12.4 Å². The summed E-state index contributed by atoms with van der Waals surface area (Å²) in [5.41, 5.74) is -0.773. The minimum atomic E-state index is -4.46. The second-order valence-corrected chi connectivity index (χ2v) is 5.11. The van der Waals surface area contributed by atoms with Gasteiger partial charge in [-0.05, 0) is 31.0 Å². The second kappa shape index (κ2) is 7.69. The summed E-state index contributed by atoms with van der Waals surface area (Å²) in [6, 6.07) is 4.49. The van der Waals surface area contributed by atoms with Crippen molar-refractivity contribution in [3.05, 3.63) is 35.4 Å². The van der Waals surface area contributed by atoms with Gasteiger partial charge in [0.05, 0.1) is 5.56 Å². The molecule has 1 amide bonds. The van der Waals surface area contributed by atoms with E-state index in [0.29, 0.717) is 6.54 Å². The number of nitrogens with zero attached hydrogens (tertiary/aromatic N) is 1. The van der Waals surface area contributed by atoms with E-state index in [2.05, 4.69) is 0 Å². The Morgan fingerprint density at radius 3 is 2.38 bits per heavy atom. The second-order valence-electron chi connectivity index (χ2n) is 4.74. The number of hydrogen-bond donors (Lipinski definition) is 0. The van der Waals surface area contributed by atoms with Gasteiger partial charge in [0.1, 0.15) is 0 Å². The van der Waals surface area contributed by atoms with E-state index in [9.17, 15) is 18.0 Å². The maximum atomic E-state index is 12.7. The monoisotopic (exact) mass is 321 g/mol. The molecule has 0 aliphatic carbocycles. The summed E-state index contributed by atoms with van der Waals surface area (Å²) in [4.78, 5) is 14.0. The third-order valence-corrected chi connectivity index (χ3v) is 3.58. The number of rotatable bonds is 6. The lowest BCUT2D eigenvalue weighted by Crippen LogP contribution is -2.41. The van der Waals surface area contributed by atoms with Crippen LogP contribution >= 0.6 is 11.6 Å². The zero-order chi connectivity index (χ0) is 16.0. The minimum absolute atomic E-state index is 0.0224. The fourth-order valence-electron chi connectivity index (χ4n) is 2.26. The van der Waals surface area contributed by atoms with Crippen molar-refractivity contribution in [3.8, 4) is 0 Å². The van der Waals surface area contributed by atoms with Gasteiger partial charge < -0.3 is 4.90 Å². The number of hydrogen-bond acceptors (Lipinski definition) is 1. The van der Waals surface area contributed by atoms with Crippen molar-refractivity contribution in [2.45, 2.75) is 38.9 Å². The van der Waals surface area contributed by atoms with Gasteiger partial charge in [0.15, 0.2) is 0 Å². The van der Waals surface area contributed by atoms with Gasteiger partial charge in [0.2, 0.25) is 0 Å². The first-order chi connectivity index (χ1) is 9.85. The average molecular weight is 322 g/mol. The summed E-state index contributed by atoms with van der Waals surface area (Å²) in [7, 11) is 0. The largest absolute Gasteiger partial charge is 0.416 e. The summed E-state index contributed by atoms with van der Waals surface area (Å²) in [6.45, 7) is 4.20. The zero-order valence-corrected chi connectivity index (χ0v) is 12.8. The molecule has 0 saturated heterocycles. The van der Waals surface area contributed by atoms with Crippen LogP contribution in [0.4, 0.5) is 13.2 Å². The van der Waals surface area contributed by atoms with Crippen LogP contribution in [-0.4, -0.2) is 29.3 Å². The molecule has 1 aromatic carbocycles. The van der Waals surface area contributed by atoms with Crippen LogP contribution in [0, 0.1) is 0 Å². The number of halogens is 4. The van der Waals surface area contributed by atoms with Crippen LogP contribution < -0.4 is 0 Å². The maximum Gasteiger partial charge on any atom is 0.416 e. The van der Waals surface area contributed by atoms with E-state index in [1.165, 1.54) is 12.1 Å². The quantitative estimate of drug-likeness (QED) is 0.703. The standard InChI is InChI=1S/C15H19ClF3NO/c1-3-13(4-2)20(9-8-16)14(21)11-6-5-7-12(10-11)15(17,18)19/h5-7,10,13H,3-4,8-9H2,1-2H3. The zero-order valence-electron chi connectivity index (χ0n) is 12.1. The van der Waals surface area contributed by atoms with E-state index < -0.39 is 17.6 Å². The highest BCUT2D eigenvalue weighted by atomic mass is 35.5. The highest BCUT2D eigenvalue weighted by Crippen LogP contribution is 2.30. The third-order valence-electron chi connectivity index (χ3n) is 3.41. The average Bonchev–Trinajstić information content (AvgIpc) is 2.46. The first kappa shape index (κ1) is 17.8. The molecule has 1 aromatic rings. The van der Waals surface area contributed by atoms with Crippen LogP contribution in [0.3, 0.4) is 0 Å². The van der Waals surface area contributed by atoms with Gasteiger partial charge in [-0.25, -0.2) is 0 Å². The molecule has 0 radical (unpaired) electrons. The molecule has 2 nitrogen and oxygen atoms in total. The molecule has 0 N–H and O–H groups in total. The van der Waals surface area contributed by atoms with Crippen LogP contribution in [0.25, 0.3) is 0 Å². The van der Waals surface area contributed by atoms with E-state index in [-0.39, 0.29) is 17.5 Å². The Kier molecular flexibility index (Phi) is 6.52. The molecule has 0 heterocycles. The van der Waals surface area contributed by atoms with Crippen molar-refractivity contribution in [2.24, 2.45) is 0 Å². The van der Waals surface area contributed by atoms with Crippen molar-refractivity contribution in [1.29, 1.82) is 0 Å². The topological polar surface area (TPSA) is 20.3 Å². The van der Waals surface area contributed by atoms with Crippen molar-refractivity contribution in [1.82, 2.24) is 4.90 Å².